The van der Waals surface area contributed by atoms with Gasteiger partial charge in [-0.3, -0.25) is 4.79 Å². The van der Waals surface area contributed by atoms with E-state index >= 15 is 0 Å². The van der Waals surface area contributed by atoms with Crippen molar-refractivity contribution in [3.63, 3.8) is 0 Å². The van der Waals surface area contributed by atoms with Crippen LogP contribution in [0.4, 0.5) is 0 Å². The third-order valence-electron chi connectivity index (χ3n) is 0.500. The standard InChI is InChI=1S/C5H12O.CHClO/c1-5(2)4-6-3;2-1-3/h5H,4H2,1-3H3;1H. The van der Waals surface area contributed by atoms with Crippen LogP contribution in [0.1, 0.15) is 13.8 Å². The van der Waals surface area contributed by atoms with Gasteiger partial charge in [0.1, 0.15) is 0 Å². The molecule has 0 radical (unpaired) electrons. The van der Waals surface area contributed by atoms with Crippen molar-refractivity contribution < 1.29 is 9.53 Å². The Bertz CT molecular complexity index is 55.0. The molecule has 2 nitrogen and oxygen atoms in total. The lowest BCUT2D eigenvalue weighted by molar-refractivity contribution is 0.167. The summed E-state index contributed by atoms with van der Waals surface area (Å²) < 4.78 is 4.80. The minimum absolute atomic E-state index is 0.222. The van der Waals surface area contributed by atoms with Gasteiger partial charge in [0.15, 0.2) is 0 Å². The van der Waals surface area contributed by atoms with Crippen LogP contribution in [0.15, 0.2) is 0 Å². The zero-order chi connectivity index (χ0) is 7.70. The molecule has 0 bridgehead atoms. The van der Waals surface area contributed by atoms with E-state index in [1.807, 2.05) is 0 Å². The smallest absolute Gasteiger partial charge is 0.208 e. The lowest BCUT2D eigenvalue weighted by atomic mass is 10.2. The van der Waals surface area contributed by atoms with Crippen molar-refractivity contribution in [1.82, 2.24) is 0 Å². The van der Waals surface area contributed by atoms with Gasteiger partial charge in [-0.25, -0.2) is 0 Å². The maximum Gasteiger partial charge on any atom is 0.208 e. The summed E-state index contributed by atoms with van der Waals surface area (Å²) in [5.41, 5.74) is 0. The highest BCUT2D eigenvalue weighted by Gasteiger charge is 1.85. The zero-order valence-electron chi connectivity index (χ0n) is 6.06. The first kappa shape index (κ1) is 11.7. The zero-order valence-corrected chi connectivity index (χ0v) is 6.81. The van der Waals surface area contributed by atoms with Crippen LogP contribution in [0.3, 0.4) is 0 Å². The van der Waals surface area contributed by atoms with E-state index in [4.69, 9.17) is 9.53 Å². The van der Waals surface area contributed by atoms with E-state index in [1.54, 1.807) is 7.11 Å². The largest absolute Gasteiger partial charge is 0.384 e. The van der Waals surface area contributed by atoms with Crippen LogP contribution in [-0.4, -0.2) is 19.5 Å². The van der Waals surface area contributed by atoms with E-state index in [2.05, 4.69) is 25.4 Å². The van der Waals surface area contributed by atoms with E-state index in [0.717, 1.165) is 6.61 Å². The SMILES string of the molecule is COCC(C)C.O=CCl. The summed E-state index contributed by atoms with van der Waals surface area (Å²) in [6, 6.07) is 0. The van der Waals surface area contributed by atoms with Crippen molar-refractivity contribution in [2.24, 2.45) is 5.92 Å². The quantitative estimate of drug-likeness (QED) is 0.445. The van der Waals surface area contributed by atoms with Crippen molar-refractivity contribution in [1.29, 1.82) is 0 Å². The van der Waals surface area contributed by atoms with Crippen molar-refractivity contribution >= 4 is 17.3 Å². The van der Waals surface area contributed by atoms with Gasteiger partial charge in [-0.2, -0.15) is 0 Å². The first-order valence-electron chi connectivity index (χ1n) is 2.71. The number of ether oxygens (including phenoxy) is 1. The molecule has 0 aliphatic rings. The van der Waals surface area contributed by atoms with Gasteiger partial charge in [0.05, 0.1) is 0 Å². The topological polar surface area (TPSA) is 26.3 Å². The molecule has 0 amide bonds. The first-order valence-corrected chi connectivity index (χ1v) is 3.15. The first-order chi connectivity index (χ1) is 4.18. The molecule has 56 valence electrons. The molecule has 3 heteroatoms. The molecule has 0 saturated carbocycles. The van der Waals surface area contributed by atoms with Crippen molar-refractivity contribution in [3.8, 4) is 0 Å². The second-order valence-corrected chi connectivity index (χ2v) is 2.12. The summed E-state index contributed by atoms with van der Waals surface area (Å²) in [6.45, 7) is 5.13. The van der Waals surface area contributed by atoms with E-state index < -0.39 is 0 Å². The van der Waals surface area contributed by atoms with Crippen LogP contribution < -0.4 is 0 Å². The third kappa shape index (κ3) is 32.6. The van der Waals surface area contributed by atoms with E-state index in [-0.39, 0.29) is 5.75 Å². The van der Waals surface area contributed by atoms with Crippen LogP contribution in [0.2, 0.25) is 0 Å². The fraction of sp³-hybridized carbons (Fsp3) is 0.833. The summed E-state index contributed by atoms with van der Waals surface area (Å²) in [7, 11) is 1.72. The molecule has 0 unspecified atom stereocenters. The van der Waals surface area contributed by atoms with Crippen LogP contribution >= 0.6 is 11.6 Å². The molecular weight excluding hydrogens is 140 g/mol. The van der Waals surface area contributed by atoms with Gasteiger partial charge >= 0.3 is 0 Å². The maximum absolute atomic E-state index is 8.57. The maximum atomic E-state index is 8.57. The molecular formula is C6H13ClO2. The summed E-state index contributed by atoms with van der Waals surface area (Å²) in [6.07, 6.45) is 0. The van der Waals surface area contributed by atoms with Crippen LogP contribution in [0, 0.1) is 5.92 Å². The lowest BCUT2D eigenvalue weighted by Gasteiger charge is -1.97. The van der Waals surface area contributed by atoms with Crippen LogP contribution in [-0.2, 0) is 9.53 Å². The molecule has 0 saturated heterocycles. The van der Waals surface area contributed by atoms with E-state index in [0.29, 0.717) is 5.92 Å². The van der Waals surface area contributed by atoms with E-state index in [9.17, 15) is 0 Å². The lowest BCUT2D eigenvalue weighted by Crippen LogP contribution is -1.96. The van der Waals surface area contributed by atoms with Gasteiger partial charge in [0, 0.05) is 13.7 Å². The van der Waals surface area contributed by atoms with Gasteiger partial charge in [-0.1, -0.05) is 13.8 Å². The highest BCUT2D eigenvalue weighted by Crippen LogP contribution is 1.88. The molecule has 0 fully saturated rings. The summed E-state index contributed by atoms with van der Waals surface area (Å²) in [4.78, 5) is 8.57. The molecule has 0 spiro atoms. The molecule has 0 aliphatic heterocycles. The number of hydrogen-bond donors (Lipinski definition) is 0. The van der Waals surface area contributed by atoms with Gasteiger partial charge in [0.2, 0.25) is 5.75 Å². The Morgan fingerprint density at radius 3 is 2.00 bits per heavy atom. The van der Waals surface area contributed by atoms with Crippen molar-refractivity contribution in [2.45, 2.75) is 13.8 Å². The minimum atomic E-state index is 0.222. The molecule has 0 atom stereocenters. The van der Waals surface area contributed by atoms with Gasteiger partial charge in [0.25, 0.3) is 0 Å². The fourth-order valence-corrected chi connectivity index (χ4v) is 0.333. The molecule has 0 aromatic carbocycles. The monoisotopic (exact) mass is 152 g/mol. The molecule has 0 aromatic heterocycles. The predicted molar refractivity (Wildman–Crippen MR) is 39.3 cm³/mol. The Balaban J connectivity index is 0. The highest BCUT2D eigenvalue weighted by atomic mass is 35.5. The highest BCUT2D eigenvalue weighted by molar-refractivity contribution is 6.54. The normalized spacial score (nSPS) is 8.11. The van der Waals surface area contributed by atoms with Crippen molar-refractivity contribution in [2.75, 3.05) is 13.7 Å². The second kappa shape index (κ2) is 10.8. The van der Waals surface area contributed by atoms with Crippen LogP contribution in [0.5, 0.6) is 0 Å². The number of halogens is 1. The molecule has 0 heterocycles. The molecule has 0 aromatic rings. The van der Waals surface area contributed by atoms with Crippen molar-refractivity contribution in [3.05, 3.63) is 0 Å². The Morgan fingerprint density at radius 1 is 1.67 bits per heavy atom. The number of methoxy groups -OCH3 is 1. The fourth-order valence-electron chi connectivity index (χ4n) is 0.333. The average molecular weight is 153 g/mol. The summed E-state index contributed by atoms with van der Waals surface area (Å²) >= 11 is 4.32. The number of rotatable bonds is 2. The van der Waals surface area contributed by atoms with Gasteiger partial charge < -0.3 is 4.74 Å². The minimum Gasteiger partial charge on any atom is -0.384 e. The summed E-state index contributed by atoms with van der Waals surface area (Å²) in [5.74, 6) is 0.898. The number of carbonyl (C=O) groups is 1. The Hall–Kier alpha value is -0.0800. The Morgan fingerprint density at radius 2 is 2.00 bits per heavy atom. The second-order valence-electron chi connectivity index (χ2n) is 1.94. The summed E-state index contributed by atoms with van der Waals surface area (Å²) in [5, 5.41) is 0. The average Bonchev–Trinajstić information content (AvgIpc) is 1.67. The Kier molecular flexibility index (Phi) is 14.0. The Labute approximate surface area is 61.1 Å². The molecule has 0 rings (SSSR count). The number of hydrogen-bond acceptors (Lipinski definition) is 2. The molecule has 0 N–H and O–H groups in total. The predicted octanol–water partition coefficient (Wildman–Crippen LogP) is 1.70. The molecule has 0 aliphatic carbocycles. The van der Waals surface area contributed by atoms with Gasteiger partial charge in [-0.05, 0) is 17.5 Å². The van der Waals surface area contributed by atoms with E-state index in [1.165, 1.54) is 0 Å². The van der Waals surface area contributed by atoms with Crippen LogP contribution in [0.25, 0.3) is 0 Å². The molecule has 9 heavy (non-hydrogen) atoms. The number of carbonyl (C=O) groups excluding carboxylic acids is 1. The third-order valence-corrected chi connectivity index (χ3v) is 0.500. The van der Waals surface area contributed by atoms with Gasteiger partial charge in [-0.15, -0.1) is 0 Å².